The molecule has 2 aromatic rings. The van der Waals surface area contributed by atoms with Crippen LogP contribution in [0, 0.1) is 3.57 Å². The second-order valence-corrected chi connectivity index (χ2v) is 5.40. The number of nitrogens with zero attached hydrogens (tertiary/aromatic N) is 2. The molecule has 0 atom stereocenters. The van der Waals surface area contributed by atoms with E-state index in [4.69, 9.17) is 16.0 Å². The summed E-state index contributed by atoms with van der Waals surface area (Å²) in [7, 11) is 0. The zero-order chi connectivity index (χ0) is 13.1. The molecule has 2 heterocycles. The van der Waals surface area contributed by atoms with Crippen molar-refractivity contribution >= 4 is 34.2 Å². The Balaban J connectivity index is 2.44. The summed E-state index contributed by atoms with van der Waals surface area (Å²) in [6.45, 7) is 4.17. The van der Waals surface area contributed by atoms with E-state index in [2.05, 4.69) is 39.5 Å². The van der Waals surface area contributed by atoms with Crippen molar-refractivity contribution in [2.75, 3.05) is 0 Å². The normalized spacial score (nSPS) is 10.9. The first kappa shape index (κ1) is 13.8. The molecule has 96 valence electrons. The van der Waals surface area contributed by atoms with Crippen LogP contribution in [0.4, 0.5) is 0 Å². The monoisotopic (exact) mass is 376 g/mol. The summed E-state index contributed by atoms with van der Waals surface area (Å²) in [5, 5.41) is 0.499. The van der Waals surface area contributed by atoms with Gasteiger partial charge >= 0.3 is 0 Å². The van der Waals surface area contributed by atoms with Crippen LogP contribution >= 0.6 is 34.2 Å². The maximum Gasteiger partial charge on any atom is 0.197 e. The first-order valence-corrected chi connectivity index (χ1v) is 7.42. The molecule has 0 aliphatic rings. The Morgan fingerprint density at radius 3 is 2.67 bits per heavy atom. The average Bonchev–Trinajstić information content (AvgIpc) is 2.83. The molecule has 5 heteroatoms. The van der Waals surface area contributed by atoms with Crippen LogP contribution in [-0.2, 0) is 12.8 Å². The Morgan fingerprint density at radius 1 is 1.28 bits per heavy atom. The number of hydrogen-bond donors (Lipinski definition) is 0. The molecule has 0 aliphatic carbocycles. The van der Waals surface area contributed by atoms with E-state index < -0.39 is 0 Å². The van der Waals surface area contributed by atoms with Crippen LogP contribution in [0.1, 0.15) is 31.7 Å². The fourth-order valence-corrected chi connectivity index (χ4v) is 2.36. The number of rotatable bonds is 4. The Morgan fingerprint density at radius 2 is 2.06 bits per heavy atom. The quantitative estimate of drug-likeness (QED) is 0.582. The van der Waals surface area contributed by atoms with Crippen LogP contribution in [0.15, 0.2) is 16.5 Å². The molecule has 0 bridgehead atoms. The van der Waals surface area contributed by atoms with Crippen LogP contribution in [0.5, 0.6) is 0 Å². The lowest BCUT2D eigenvalue weighted by Crippen LogP contribution is -2.00. The summed E-state index contributed by atoms with van der Waals surface area (Å²) in [6.07, 6.45) is 2.79. The Kier molecular flexibility index (Phi) is 4.61. The standard InChI is InChI=1S/C13H14ClIN2O/c1-3-5-9-11(15)12(14)17-13(16-9)10-7-6-8(4-2)18-10/h6-7H,3-5H2,1-2H3. The molecule has 2 aromatic heterocycles. The van der Waals surface area contributed by atoms with Gasteiger partial charge in [-0.2, -0.15) is 0 Å². The van der Waals surface area contributed by atoms with Gasteiger partial charge in [0.25, 0.3) is 0 Å². The van der Waals surface area contributed by atoms with Crippen molar-refractivity contribution in [1.29, 1.82) is 0 Å². The number of aryl methyl sites for hydroxylation is 2. The van der Waals surface area contributed by atoms with Gasteiger partial charge < -0.3 is 4.42 Å². The number of halogens is 2. The van der Waals surface area contributed by atoms with Crippen LogP contribution in [0.25, 0.3) is 11.6 Å². The summed E-state index contributed by atoms with van der Waals surface area (Å²) < 4.78 is 6.59. The Bertz CT molecular complexity index is 554. The van der Waals surface area contributed by atoms with Gasteiger partial charge in [-0.15, -0.1) is 0 Å². The molecule has 0 spiro atoms. The third-order valence-electron chi connectivity index (χ3n) is 2.60. The van der Waals surface area contributed by atoms with Crippen LogP contribution in [0.2, 0.25) is 5.15 Å². The van der Waals surface area contributed by atoms with E-state index in [0.29, 0.717) is 16.7 Å². The summed E-state index contributed by atoms with van der Waals surface area (Å²) in [5.74, 6) is 2.19. The second kappa shape index (κ2) is 6.02. The largest absolute Gasteiger partial charge is 0.458 e. The molecule has 0 aliphatic heterocycles. The van der Waals surface area contributed by atoms with Gasteiger partial charge in [-0.1, -0.05) is 31.9 Å². The Labute approximate surface area is 125 Å². The zero-order valence-corrected chi connectivity index (χ0v) is 13.2. The van der Waals surface area contributed by atoms with Gasteiger partial charge in [-0.05, 0) is 41.1 Å². The van der Waals surface area contributed by atoms with E-state index in [-0.39, 0.29) is 0 Å². The predicted octanol–water partition coefficient (Wildman–Crippen LogP) is 4.51. The van der Waals surface area contributed by atoms with Gasteiger partial charge in [0.05, 0.1) is 9.26 Å². The highest BCUT2D eigenvalue weighted by Crippen LogP contribution is 2.26. The van der Waals surface area contributed by atoms with E-state index in [1.54, 1.807) is 0 Å². The molecule has 3 nitrogen and oxygen atoms in total. The topological polar surface area (TPSA) is 38.9 Å². The molecule has 0 saturated heterocycles. The van der Waals surface area contributed by atoms with E-state index in [0.717, 1.165) is 34.3 Å². The van der Waals surface area contributed by atoms with Crippen molar-refractivity contribution in [3.05, 3.63) is 32.3 Å². The maximum absolute atomic E-state index is 6.15. The van der Waals surface area contributed by atoms with E-state index in [9.17, 15) is 0 Å². The zero-order valence-electron chi connectivity index (χ0n) is 10.3. The Hall–Kier alpha value is -0.620. The lowest BCUT2D eigenvalue weighted by atomic mass is 10.2. The molecule has 0 aromatic carbocycles. The van der Waals surface area contributed by atoms with Crippen molar-refractivity contribution in [1.82, 2.24) is 9.97 Å². The maximum atomic E-state index is 6.15. The van der Waals surface area contributed by atoms with Gasteiger partial charge in [0.1, 0.15) is 10.9 Å². The third-order valence-corrected chi connectivity index (χ3v) is 4.32. The molecular formula is C13H14ClIN2O. The molecule has 2 rings (SSSR count). The van der Waals surface area contributed by atoms with Crippen LogP contribution in [0.3, 0.4) is 0 Å². The summed E-state index contributed by atoms with van der Waals surface area (Å²) in [5.41, 5.74) is 0.988. The highest BCUT2D eigenvalue weighted by molar-refractivity contribution is 14.1. The van der Waals surface area contributed by atoms with Gasteiger partial charge in [-0.3, -0.25) is 0 Å². The summed E-state index contributed by atoms with van der Waals surface area (Å²) >= 11 is 8.33. The minimum atomic E-state index is 0.499. The van der Waals surface area contributed by atoms with Crippen LogP contribution in [-0.4, -0.2) is 9.97 Å². The first-order chi connectivity index (χ1) is 8.65. The van der Waals surface area contributed by atoms with E-state index in [1.165, 1.54) is 0 Å². The molecule has 0 N–H and O–H groups in total. The fourth-order valence-electron chi connectivity index (χ4n) is 1.66. The molecule has 0 unspecified atom stereocenters. The van der Waals surface area contributed by atoms with Crippen molar-refractivity contribution in [2.24, 2.45) is 0 Å². The van der Waals surface area contributed by atoms with Gasteiger partial charge in [0.2, 0.25) is 0 Å². The van der Waals surface area contributed by atoms with Crippen LogP contribution < -0.4 is 0 Å². The van der Waals surface area contributed by atoms with Gasteiger partial charge in [-0.25, -0.2) is 9.97 Å². The summed E-state index contributed by atoms with van der Waals surface area (Å²) in [4.78, 5) is 8.83. The number of aromatic nitrogens is 2. The molecule has 0 fully saturated rings. The molecule has 0 saturated carbocycles. The number of hydrogen-bond acceptors (Lipinski definition) is 3. The lowest BCUT2D eigenvalue weighted by molar-refractivity contribution is 0.525. The minimum absolute atomic E-state index is 0.499. The van der Waals surface area contributed by atoms with Crippen molar-refractivity contribution < 1.29 is 4.42 Å². The van der Waals surface area contributed by atoms with Gasteiger partial charge in [0, 0.05) is 6.42 Å². The van der Waals surface area contributed by atoms with Crippen molar-refractivity contribution in [3.8, 4) is 11.6 Å². The molecule has 0 radical (unpaired) electrons. The SMILES string of the molecule is CCCc1nc(-c2ccc(CC)o2)nc(Cl)c1I. The van der Waals surface area contributed by atoms with Crippen molar-refractivity contribution in [3.63, 3.8) is 0 Å². The van der Waals surface area contributed by atoms with E-state index >= 15 is 0 Å². The van der Waals surface area contributed by atoms with Gasteiger partial charge in [0.15, 0.2) is 11.6 Å². The number of furan rings is 1. The average molecular weight is 377 g/mol. The third kappa shape index (κ3) is 2.85. The lowest BCUT2D eigenvalue weighted by Gasteiger charge is -2.05. The molecular weight excluding hydrogens is 363 g/mol. The predicted molar refractivity (Wildman–Crippen MR) is 80.8 cm³/mol. The minimum Gasteiger partial charge on any atom is -0.458 e. The highest BCUT2D eigenvalue weighted by Gasteiger charge is 2.13. The first-order valence-electron chi connectivity index (χ1n) is 5.96. The highest BCUT2D eigenvalue weighted by atomic mass is 127. The molecule has 0 amide bonds. The smallest absolute Gasteiger partial charge is 0.197 e. The van der Waals surface area contributed by atoms with E-state index in [1.807, 2.05) is 19.1 Å². The summed E-state index contributed by atoms with van der Waals surface area (Å²) in [6, 6.07) is 3.84. The fraction of sp³-hybridized carbons (Fsp3) is 0.385. The van der Waals surface area contributed by atoms with Crippen molar-refractivity contribution in [2.45, 2.75) is 33.1 Å². The molecule has 18 heavy (non-hydrogen) atoms. The second-order valence-electron chi connectivity index (χ2n) is 3.97.